The molecule has 1 heterocycles. The summed E-state index contributed by atoms with van der Waals surface area (Å²) in [5.41, 5.74) is 0. The quantitative estimate of drug-likeness (QED) is 0.593. The van der Waals surface area contributed by atoms with E-state index in [4.69, 9.17) is 5.11 Å². The van der Waals surface area contributed by atoms with Crippen LogP contribution < -0.4 is 0 Å². The molecule has 0 aromatic carbocycles. The van der Waals surface area contributed by atoms with Gasteiger partial charge in [-0.1, -0.05) is 13.3 Å². The zero-order valence-electron chi connectivity index (χ0n) is 8.96. The largest absolute Gasteiger partial charge is 0.480 e. The van der Waals surface area contributed by atoms with Crippen LogP contribution in [-0.4, -0.2) is 58.0 Å². The summed E-state index contributed by atoms with van der Waals surface area (Å²) in [4.78, 5) is 12.2. The van der Waals surface area contributed by atoms with Crippen molar-refractivity contribution in [3.8, 4) is 0 Å². The normalized spacial score (nSPS) is 32.9. The Labute approximate surface area is 89.3 Å². The first kappa shape index (κ1) is 12.4. The minimum Gasteiger partial charge on any atom is -0.480 e. The first-order valence-corrected chi connectivity index (χ1v) is 5.34. The van der Waals surface area contributed by atoms with Gasteiger partial charge in [-0.15, -0.1) is 0 Å². The third kappa shape index (κ3) is 3.44. The highest BCUT2D eigenvalue weighted by atomic mass is 16.4. The second kappa shape index (κ2) is 5.44. The van der Waals surface area contributed by atoms with E-state index in [1.807, 2.05) is 6.92 Å². The predicted octanol–water partition coefficient (Wildman–Crippen LogP) is -0.475. The summed E-state index contributed by atoms with van der Waals surface area (Å²) < 4.78 is 0. The van der Waals surface area contributed by atoms with Gasteiger partial charge in [-0.3, -0.25) is 9.69 Å². The van der Waals surface area contributed by atoms with Gasteiger partial charge in [0.05, 0.1) is 18.8 Å². The minimum atomic E-state index is -0.895. The Morgan fingerprint density at radius 3 is 2.60 bits per heavy atom. The standard InChI is InChI=1S/C10H19NO4/c1-2-3-7-4-11(6-9(13)14)5-8(12)10(7)15/h7-8,10,12,15H,2-6H2,1H3,(H,13,14). The van der Waals surface area contributed by atoms with Gasteiger partial charge >= 0.3 is 5.97 Å². The minimum absolute atomic E-state index is 0.0156. The molecule has 3 unspecified atom stereocenters. The molecule has 0 amide bonds. The first-order chi connectivity index (χ1) is 7.04. The van der Waals surface area contributed by atoms with E-state index in [9.17, 15) is 15.0 Å². The lowest BCUT2D eigenvalue weighted by molar-refractivity contribution is -0.141. The number of carbonyl (C=O) groups is 1. The van der Waals surface area contributed by atoms with Crippen LogP contribution in [0, 0.1) is 5.92 Å². The van der Waals surface area contributed by atoms with Crippen LogP contribution in [0.5, 0.6) is 0 Å². The van der Waals surface area contributed by atoms with Crippen molar-refractivity contribution >= 4 is 5.97 Å². The molecule has 0 aromatic rings. The number of aliphatic hydroxyl groups excluding tert-OH is 2. The number of carboxylic acid groups (broad SMARTS) is 1. The molecule has 5 nitrogen and oxygen atoms in total. The summed E-state index contributed by atoms with van der Waals surface area (Å²) in [6.45, 7) is 2.74. The first-order valence-electron chi connectivity index (χ1n) is 5.34. The van der Waals surface area contributed by atoms with Crippen LogP contribution in [0.15, 0.2) is 0 Å². The van der Waals surface area contributed by atoms with Gasteiger partial charge in [-0.2, -0.15) is 0 Å². The number of hydrogen-bond acceptors (Lipinski definition) is 4. The SMILES string of the molecule is CCCC1CN(CC(=O)O)CC(O)C1O. The van der Waals surface area contributed by atoms with E-state index >= 15 is 0 Å². The number of aliphatic hydroxyl groups is 2. The van der Waals surface area contributed by atoms with Gasteiger partial charge < -0.3 is 15.3 Å². The topological polar surface area (TPSA) is 81.0 Å². The van der Waals surface area contributed by atoms with Crippen molar-refractivity contribution in [1.82, 2.24) is 4.90 Å². The molecule has 1 aliphatic heterocycles. The number of piperidine rings is 1. The van der Waals surface area contributed by atoms with E-state index in [1.54, 1.807) is 4.90 Å². The summed E-state index contributed by atoms with van der Waals surface area (Å²) in [5.74, 6) is -0.910. The van der Waals surface area contributed by atoms with Crippen molar-refractivity contribution in [3.63, 3.8) is 0 Å². The maximum Gasteiger partial charge on any atom is 0.317 e. The van der Waals surface area contributed by atoms with Gasteiger partial charge in [0.1, 0.15) is 0 Å². The molecule has 5 heteroatoms. The van der Waals surface area contributed by atoms with Crippen molar-refractivity contribution in [2.24, 2.45) is 5.92 Å². The highest BCUT2D eigenvalue weighted by molar-refractivity contribution is 5.69. The van der Waals surface area contributed by atoms with E-state index in [2.05, 4.69) is 0 Å². The molecule has 1 fully saturated rings. The van der Waals surface area contributed by atoms with Crippen LogP contribution >= 0.6 is 0 Å². The lowest BCUT2D eigenvalue weighted by Gasteiger charge is -2.38. The number of carboxylic acids is 1. The van der Waals surface area contributed by atoms with Crippen LogP contribution in [0.25, 0.3) is 0 Å². The molecule has 0 spiro atoms. The molecule has 3 atom stereocenters. The van der Waals surface area contributed by atoms with Crippen molar-refractivity contribution in [2.45, 2.75) is 32.0 Å². The van der Waals surface area contributed by atoms with Gasteiger partial charge in [0.15, 0.2) is 0 Å². The summed E-state index contributed by atoms with van der Waals surface area (Å²) in [5, 5.41) is 27.9. The number of rotatable bonds is 4. The van der Waals surface area contributed by atoms with Crippen LogP contribution in [0.4, 0.5) is 0 Å². The predicted molar refractivity (Wildman–Crippen MR) is 54.5 cm³/mol. The number of nitrogens with zero attached hydrogens (tertiary/aromatic N) is 1. The Morgan fingerprint density at radius 2 is 2.07 bits per heavy atom. The zero-order chi connectivity index (χ0) is 11.4. The lowest BCUT2D eigenvalue weighted by atomic mass is 9.89. The molecule has 0 aliphatic carbocycles. The molecule has 0 bridgehead atoms. The molecule has 1 rings (SSSR count). The van der Waals surface area contributed by atoms with E-state index in [0.29, 0.717) is 6.54 Å². The van der Waals surface area contributed by atoms with E-state index < -0.39 is 18.2 Å². The molecule has 3 N–H and O–H groups in total. The fourth-order valence-electron chi connectivity index (χ4n) is 2.15. The van der Waals surface area contributed by atoms with Crippen LogP contribution in [0.2, 0.25) is 0 Å². The van der Waals surface area contributed by atoms with Gasteiger partial charge in [0, 0.05) is 19.0 Å². The average Bonchev–Trinajstić information content (AvgIpc) is 2.12. The molecular weight excluding hydrogens is 198 g/mol. The molecule has 1 saturated heterocycles. The Bertz CT molecular complexity index is 221. The smallest absolute Gasteiger partial charge is 0.317 e. The van der Waals surface area contributed by atoms with E-state index in [1.165, 1.54) is 0 Å². The van der Waals surface area contributed by atoms with Crippen LogP contribution in [0.3, 0.4) is 0 Å². The number of aliphatic carboxylic acids is 1. The molecular formula is C10H19NO4. The fraction of sp³-hybridized carbons (Fsp3) is 0.900. The Kier molecular flexibility index (Phi) is 4.50. The van der Waals surface area contributed by atoms with Crippen molar-refractivity contribution < 1.29 is 20.1 Å². The third-order valence-corrected chi connectivity index (χ3v) is 2.83. The fourth-order valence-corrected chi connectivity index (χ4v) is 2.15. The van der Waals surface area contributed by atoms with E-state index in [0.717, 1.165) is 12.8 Å². The lowest BCUT2D eigenvalue weighted by Crippen LogP contribution is -2.53. The zero-order valence-corrected chi connectivity index (χ0v) is 8.96. The maximum absolute atomic E-state index is 10.5. The Balaban J connectivity index is 2.54. The van der Waals surface area contributed by atoms with Crippen LogP contribution in [0.1, 0.15) is 19.8 Å². The number of β-amino-alcohol motifs (C(OH)–C–C–N with tert-alkyl or cyclic N) is 1. The van der Waals surface area contributed by atoms with Crippen molar-refractivity contribution in [3.05, 3.63) is 0 Å². The highest BCUT2D eigenvalue weighted by Gasteiger charge is 2.34. The van der Waals surface area contributed by atoms with E-state index in [-0.39, 0.29) is 19.0 Å². The molecule has 0 aromatic heterocycles. The number of likely N-dealkylation sites (tertiary alicyclic amines) is 1. The molecule has 15 heavy (non-hydrogen) atoms. The second-order valence-electron chi connectivity index (χ2n) is 4.19. The van der Waals surface area contributed by atoms with Gasteiger partial charge in [0.2, 0.25) is 0 Å². The summed E-state index contributed by atoms with van der Waals surface area (Å²) in [6, 6.07) is 0. The molecule has 88 valence electrons. The van der Waals surface area contributed by atoms with Gasteiger partial charge in [-0.05, 0) is 6.42 Å². The summed E-state index contributed by atoms with van der Waals surface area (Å²) >= 11 is 0. The monoisotopic (exact) mass is 217 g/mol. The Hall–Kier alpha value is -0.650. The van der Waals surface area contributed by atoms with Gasteiger partial charge in [0.25, 0.3) is 0 Å². The van der Waals surface area contributed by atoms with Crippen molar-refractivity contribution in [1.29, 1.82) is 0 Å². The molecule has 1 aliphatic rings. The molecule has 0 radical (unpaired) electrons. The Morgan fingerprint density at radius 1 is 1.40 bits per heavy atom. The van der Waals surface area contributed by atoms with Crippen LogP contribution in [-0.2, 0) is 4.79 Å². The summed E-state index contributed by atoms with van der Waals surface area (Å²) in [6.07, 6.45) is 0.202. The number of hydrogen-bond donors (Lipinski definition) is 3. The average molecular weight is 217 g/mol. The molecule has 0 saturated carbocycles. The van der Waals surface area contributed by atoms with Crippen molar-refractivity contribution in [2.75, 3.05) is 19.6 Å². The second-order valence-corrected chi connectivity index (χ2v) is 4.19. The highest BCUT2D eigenvalue weighted by Crippen LogP contribution is 2.21. The summed E-state index contributed by atoms with van der Waals surface area (Å²) in [7, 11) is 0. The maximum atomic E-state index is 10.5. The van der Waals surface area contributed by atoms with Gasteiger partial charge in [-0.25, -0.2) is 0 Å². The third-order valence-electron chi connectivity index (χ3n) is 2.83.